The van der Waals surface area contributed by atoms with Crippen LogP contribution in [0.3, 0.4) is 0 Å². The first kappa shape index (κ1) is 16.9. The summed E-state index contributed by atoms with van der Waals surface area (Å²) < 4.78 is 51.9. The fraction of sp³-hybridized carbons (Fsp3) is 0.429. The SMILES string of the molecule is O=C(CS(=O)(=O)c1ccc2c(c1)S(=O)(=O)N=CN2)NC1CCCC1. The van der Waals surface area contributed by atoms with Crippen molar-refractivity contribution in [3.8, 4) is 0 Å². The van der Waals surface area contributed by atoms with Crippen molar-refractivity contribution in [1.82, 2.24) is 5.32 Å². The van der Waals surface area contributed by atoms with Crippen molar-refractivity contribution in [2.75, 3.05) is 11.1 Å². The molecule has 0 aromatic heterocycles. The van der Waals surface area contributed by atoms with Crippen LogP contribution in [0.4, 0.5) is 5.69 Å². The Hall–Kier alpha value is -1.94. The summed E-state index contributed by atoms with van der Waals surface area (Å²) in [6.45, 7) is 0. The highest BCUT2D eigenvalue weighted by molar-refractivity contribution is 7.92. The maximum atomic E-state index is 12.4. The van der Waals surface area contributed by atoms with Gasteiger partial charge in [-0.1, -0.05) is 12.8 Å². The highest BCUT2D eigenvalue weighted by Gasteiger charge is 2.27. The lowest BCUT2D eigenvalue weighted by molar-refractivity contribution is -0.119. The number of hydrogen-bond donors (Lipinski definition) is 2. The largest absolute Gasteiger partial charge is 0.352 e. The Morgan fingerprint density at radius 1 is 1.29 bits per heavy atom. The first-order chi connectivity index (χ1) is 11.3. The Bertz CT molecular complexity index is 900. The molecule has 1 heterocycles. The van der Waals surface area contributed by atoms with Gasteiger partial charge in [-0.3, -0.25) is 4.79 Å². The molecule has 1 fully saturated rings. The van der Waals surface area contributed by atoms with Gasteiger partial charge < -0.3 is 10.6 Å². The lowest BCUT2D eigenvalue weighted by Crippen LogP contribution is -2.36. The highest BCUT2D eigenvalue weighted by atomic mass is 32.2. The van der Waals surface area contributed by atoms with Crippen molar-refractivity contribution in [3.63, 3.8) is 0 Å². The zero-order valence-electron chi connectivity index (χ0n) is 12.7. The van der Waals surface area contributed by atoms with Gasteiger partial charge in [0, 0.05) is 6.04 Å². The predicted molar refractivity (Wildman–Crippen MR) is 88.2 cm³/mol. The third-order valence-electron chi connectivity index (χ3n) is 4.04. The summed E-state index contributed by atoms with van der Waals surface area (Å²) in [4.78, 5) is 11.5. The second-order valence-corrected chi connectivity index (χ2v) is 9.41. The van der Waals surface area contributed by atoms with Crippen LogP contribution in [0, 0.1) is 0 Å². The Labute approximate surface area is 140 Å². The van der Waals surface area contributed by atoms with Crippen molar-refractivity contribution in [2.24, 2.45) is 4.40 Å². The van der Waals surface area contributed by atoms with Crippen molar-refractivity contribution in [3.05, 3.63) is 18.2 Å². The van der Waals surface area contributed by atoms with Gasteiger partial charge in [-0.15, -0.1) is 4.40 Å². The van der Waals surface area contributed by atoms with Crippen LogP contribution in [0.25, 0.3) is 0 Å². The molecule has 130 valence electrons. The number of hydrogen-bond acceptors (Lipinski definition) is 6. The van der Waals surface area contributed by atoms with Crippen molar-refractivity contribution < 1.29 is 21.6 Å². The molecule has 1 saturated carbocycles. The second kappa shape index (κ2) is 6.17. The lowest BCUT2D eigenvalue weighted by Gasteiger charge is -2.14. The van der Waals surface area contributed by atoms with Gasteiger partial charge in [-0.2, -0.15) is 8.42 Å². The standard InChI is InChI=1S/C14H17N3O5S2/c18-14(17-10-3-1-2-4-10)8-23(19,20)11-5-6-12-13(7-11)24(21,22)16-9-15-12/h5-7,9-10H,1-4,8H2,(H,15,16)(H,17,18). The number of carbonyl (C=O) groups is 1. The fourth-order valence-corrected chi connectivity index (χ4v) is 5.07. The Morgan fingerprint density at radius 2 is 2.00 bits per heavy atom. The summed E-state index contributed by atoms with van der Waals surface area (Å²) in [5, 5.41) is 5.35. The number of carbonyl (C=O) groups excluding carboxylic acids is 1. The fourth-order valence-electron chi connectivity index (χ4n) is 2.85. The number of rotatable bonds is 4. The molecule has 1 amide bonds. The summed E-state index contributed by atoms with van der Waals surface area (Å²) in [7, 11) is -7.87. The molecule has 0 atom stereocenters. The third kappa shape index (κ3) is 3.44. The van der Waals surface area contributed by atoms with Crippen molar-refractivity contribution in [2.45, 2.75) is 41.5 Å². The number of sulfone groups is 1. The molecule has 0 bridgehead atoms. The molecular formula is C14H17N3O5S2. The Kier molecular flexibility index (Phi) is 4.35. The van der Waals surface area contributed by atoms with Crippen LogP contribution in [0.2, 0.25) is 0 Å². The molecule has 8 nitrogen and oxygen atoms in total. The third-order valence-corrected chi connectivity index (χ3v) is 6.93. The molecule has 3 rings (SSSR count). The van der Waals surface area contributed by atoms with E-state index in [9.17, 15) is 21.6 Å². The van der Waals surface area contributed by atoms with Crippen molar-refractivity contribution >= 4 is 37.8 Å². The zero-order chi connectivity index (χ0) is 17.4. The van der Waals surface area contributed by atoms with E-state index in [-0.39, 0.29) is 21.5 Å². The minimum absolute atomic E-state index is 0.0233. The maximum absolute atomic E-state index is 12.4. The van der Waals surface area contributed by atoms with E-state index in [1.807, 2.05) is 0 Å². The molecule has 0 spiro atoms. The summed E-state index contributed by atoms with van der Waals surface area (Å²) in [6.07, 6.45) is 4.78. The molecule has 0 radical (unpaired) electrons. The first-order valence-electron chi connectivity index (χ1n) is 7.49. The van der Waals surface area contributed by atoms with Gasteiger partial charge in [-0.25, -0.2) is 8.42 Å². The van der Waals surface area contributed by atoms with Gasteiger partial charge in [0.2, 0.25) is 5.91 Å². The predicted octanol–water partition coefficient (Wildman–Crippen LogP) is 0.662. The summed E-state index contributed by atoms with van der Waals surface area (Å²) in [6, 6.07) is 3.68. The molecule has 10 heteroatoms. The molecule has 2 N–H and O–H groups in total. The number of sulfonamides is 1. The Morgan fingerprint density at radius 3 is 2.71 bits per heavy atom. The van der Waals surface area contributed by atoms with Crippen LogP contribution in [0.15, 0.2) is 32.4 Å². The van der Waals surface area contributed by atoms with Crippen LogP contribution in [0.1, 0.15) is 25.7 Å². The number of benzene rings is 1. The molecule has 0 unspecified atom stereocenters. The van der Waals surface area contributed by atoms with Crippen molar-refractivity contribution in [1.29, 1.82) is 0 Å². The van der Waals surface area contributed by atoms with Crippen LogP contribution in [-0.2, 0) is 24.7 Å². The first-order valence-corrected chi connectivity index (χ1v) is 10.6. The van der Waals surface area contributed by atoms with Crippen LogP contribution in [-0.4, -0.2) is 40.9 Å². The maximum Gasteiger partial charge on any atom is 0.285 e. The average molecular weight is 371 g/mol. The van der Waals surface area contributed by atoms with E-state index in [2.05, 4.69) is 15.0 Å². The number of nitrogens with one attached hydrogen (secondary N) is 2. The minimum Gasteiger partial charge on any atom is -0.352 e. The Balaban J connectivity index is 1.81. The van der Waals surface area contributed by atoms with Crippen LogP contribution >= 0.6 is 0 Å². The second-order valence-electron chi connectivity index (χ2n) is 5.82. The van der Waals surface area contributed by atoms with E-state index in [0.717, 1.165) is 38.1 Å². The quantitative estimate of drug-likeness (QED) is 0.802. The highest BCUT2D eigenvalue weighted by Crippen LogP contribution is 2.28. The number of anilines is 1. The molecule has 24 heavy (non-hydrogen) atoms. The molecule has 1 aromatic rings. The van der Waals surface area contributed by atoms with Gasteiger partial charge in [-0.05, 0) is 31.0 Å². The van der Waals surface area contributed by atoms with E-state index >= 15 is 0 Å². The monoisotopic (exact) mass is 371 g/mol. The van der Waals surface area contributed by atoms with E-state index in [1.54, 1.807) is 0 Å². The number of fused-ring (bicyclic) bond motifs is 1. The van der Waals surface area contributed by atoms with Gasteiger partial charge in [0.05, 0.1) is 10.6 Å². The lowest BCUT2D eigenvalue weighted by atomic mass is 10.2. The molecular weight excluding hydrogens is 354 g/mol. The molecule has 1 aromatic carbocycles. The average Bonchev–Trinajstić information content (AvgIpc) is 2.99. The van der Waals surface area contributed by atoms with Crippen LogP contribution in [0.5, 0.6) is 0 Å². The summed E-state index contributed by atoms with van der Waals surface area (Å²) in [5.74, 6) is -1.28. The molecule has 1 aliphatic heterocycles. The smallest absolute Gasteiger partial charge is 0.285 e. The minimum atomic E-state index is -3.94. The van der Waals surface area contributed by atoms with Gasteiger partial charge in [0.1, 0.15) is 17.0 Å². The zero-order valence-corrected chi connectivity index (χ0v) is 14.4. The number of nitrogens with zero attached hydrogens (tertiary/aromatic N) is 1. The summed E-state index contributed by atoms with van der Waals surface area (Å²) in [5.41, 5.74) is 0.249. The molecule has 1 aliphatic carbocycles. The van der Waals surface area contributed by atoms with E-state index < -0.39 is 31.5 Å². The van der Waals surface area contributed by atoms with Crippen LogP contribution < -0.4 is 10.6 Å². The molecule has 0 saturated heterocycles. The van der Waals surface area contributed by atoms with Gasteiger partial charge in [0.25, 0.3) is 10.0 Å². The van der Waals surface area contributed by atoms with Gasteiger partial charge >= 0.3 is 0 Å². The van der Waals surface area contributed by atoms with E-state index in [1.165, 1.54) is 12.1 Å². The summed E-state index contributed by atoms with van der Waals surface area (Å²) >= 11 is 0. The number of amides is 1. The molecule has 2 aliphatic rings. The van der Waals surface area contributed by atoms with E-state index in [0.29, 0.717) is 0 Å². The van der Waals surface area contributed by atoms with E-state index in [4.69, 9.17) is 0 Å². The van der Waals surface area contributed by atoms with Gasteiger partial charge in [0.15, 0.2) is 9.84 Å². The topological polar surface area (TPSA) is 122 Å². The normalized spacial score (nSPS) is 19.5.